The number of oxazole rings is 1. The summed E-state index contributed by atoms with van der Waals surface area (Å²) in [5, 5.41) is 2.78. The van der Waals surface area contributed by atoms with Gasteiger partial charge in [-0.1, -0.05) is 12.1 Å². The molecule has 104 valence electrons. The predicted molar refractivity (Wildman–Crippen MR) is 77.7 cm³/mol. The van der Waals surface area contributed by atoms with Crippen LogP contribution in [0, 0.1) is 6.92 Å². The highest BCUT2D eigenvalue weighted by atomic mass is 16.4. The molecule has 1 atom stereocenters. The number of nitrogens with two attached hydrogens (primary N) is 1. The lowest BCUT2D eigenvalue weighted by Gasteiger charge is -2.07. The van der Waals surface area contributed by atoms with E-state index in [0.717, 1.165) is 11.3 Å². The fraction of sp³-hybridized carbons (Fsp3) is 0.200. The van der Waals surface area contributed by atoms with Crippen LogP contribution >= 0.6 is 0 Å². The third-order valence-corrected chi connectivity index (χ3v) is 2.71. The van der Waals surface area contributed by atoms with E-state index in [1.54, 1.807) is 24.4 Å². The highest BCUT2D eigenvalue weighted by Gasteiger charge is 2.12. The number of hydrogen-bond acceptors (Lipinski definition) is 4. The maximum absolute atomic E-state index is 11.8. The van der Waals surface area contributed by atoms with Gasteiger partial charge in [-0.2, -0.15) is 0 Å². The Morgan fingerprint density at radius 1 is 1.50 bits per heavy atom. The predicted octanol–water partition coefficient (Wildman–Crippen LogP) is 2.46. The third kappa shape index (κ3) is 3.71. The molecule has 1 amide bonds. The minimum absolute atomic E-state index is 0.212. The van der Waals surface area contributed by atoms with Crippen molar-refractivity contribution in [3.8, 4) is 0 Å². The molecule has 20 heavy (non-hydrogen) atoms. The maximum Gasteiger partial charge on any atom is 0.244 e. The van der Waals surface area contributed by atoms with Crippen molar-refractivity contribution in [1.82, 2.24) is 10.3 Å². The average Bonchev–Trinajstić information content (AvgIpc) is 2.83. The van der Waals surface area contributed by atoms with Crippen molar-refractivity contribution in [1.29, 1.82) is 0 Å². The molecule has 2 rings (SSSR count). The number of amides is 1. The zero-order valence-corrected chi connectivity index (χ0v) is 11.5. The molecule has 1 aromatic carbocycles. The summed E-state index contributed by atoms with van der Waals surface area (Å²) in [7, 11) is 0. The van der Waals surface area contributed by atoms with Gasteiger partial charge in [0.25, 0.3) is 0 Å². The molecule has 5 nitrogen and oxygen atoms in total. The number of anilines is 1. The van der Waals surface area contributed by atoms with Crippen LogP contribution in [-0.2, 0) is 4.79 Å². The van der Waals surface area contributed by atoms with E-state index in [4.69, 9.17) is 10.2 Å². The summed E-state index contributed by atoms with van der Waals surface area (Å²) in [6, 6.07) is 7.03. The Hall–Kier alpha value is -2.56. The summed E-state index contributed by atoms with van der Waals surface area (Å²) in [5.41, 5.74) is 7.21. The fourth-order valence-corrected chi connectivity index (χ4v) is 1.73. The van der Waals surface area contributed by atoms with Gasteiger partial charge in [0.2, 0.25) is 11.8 Å². The van der Waals surface area contributed by atoms with Crippen LogP contribution in [0.5, 0.6) is 0 Å². The molecule has 0 spiro atoms. The molecule has 1 aromatic heterocycles. The van der Waals surface area contributed by atoms with Crippen LogP contribution < -0.4 is 11.1 Å². The molecule has 1 unspecified atom stereocenters. The molecule has 3 N–H and O–H groups in total. The van der Waals surface area contributed by atoms with Gasteiger partial charge in [0.1, 0.15) is 11.8 Å². The lowest BCUT2D eigenvalue weighted by Crippen LogP contribution is -2.24. The largest absolute Gasteiger partial charge is 0.444 e. The standard InChI is InChI=1S/C15H17N3O2/c1-10-9-17-15(20-10)11(2)18-14(19)7-6-12-4-3-5-13(16)8-12/h3-9,11H,16H2,1-2H3,(H,18,19)/b7-6+. The second-order valence-electron chi connectivity index (χ2n) is 4.54. The van der Waals surface area contributed by atoms with Gasteiger partial charge >= 0.3 is 0 Å². The number of rotatable bonds is 4. The molecule has 0 bridgehead atoms. The SMILES string of the molecule is Cc1cnc(C(C)NC(=O)/C=C/c2cccc(N)c2)o1. The highest BCUT2D eigenvalue weighted by Crippen LogP contribution is 2.12. The Bertz CT molecular complexity index is 632. The number of aromatic nitrogens is 1. The molecular weight excluding hydrogens is 254 g/mol. The first-order chi connectivity index (χ1) is 9.54. The number of hydrogen-bond donors (Lipinski definition) is 2. The summed E-state index contributed by atoms with van der Waals surface area (Å²) in [4.78, 5) is 15.9. The molecule has 0 aliphatic carbocycles. The van der Waals surface area contributed by atoms with Gasteiger partial charge in [-0.05, 0) is 37.6 Å². The Morgan fingerprint density at radius 3 is 2.95 bits per heavy atom. The van der Waals surface area contributed by atoms with Gasteiger partial charge in [0.05, 0.1) is 6.20 Å². The summed E-state index contributed by atoms with van der Waals surface area (Å²) < 4.78 is 5.36. The van der Waals surface area contributed by atoms with Crippen LogP contribution in [0.25, 0.3) is 6.08 Å². The van der Waals surface area contributed by atoms with E-state index in [9.17, 15) is 4.79 Å². The van der Waals surface area contributed by atoms with E-state index >= 15 is 0 Å². The first kappa shape index (κ1) is 13.9. The van der Waals surface area contributed by atoms with Crippen molar-refractivity contribution in [2.45, 2.75) is 19.9 Å². The van der Waals surface area contributed by atoms with E-state index in [1.807, 2.05) is 26.0 Å². The smallest absolute Gasteiger partial charge is 0.244 e. The monoisotopic (exact) mass is 271 g/mol. The Labute approximate surface area is 117 Å². The van der Waals surface area contributed by atoms with E-state index < -0.39 is 0 Å². The van der Waals surface area contributed by atoms with Crippen molar-refractivity contribution in [3.63, 3.8) is 0 Å². The van der Waals surface area contributed by atoms with Gasteiger partial charge in [-0.25, -0.2) is 4.98 Å². The highest BCUT2D eigenvalue weighted by molar-refractivity contribution is 5.92. The van der Waals surface area contributed by atoms with E-state index in [2.05, 4.69) is 10.3 Å². The van der Waals surface area contributed by atoms with Gasteiger partial charge in [0, 0.05) is 11.8 Å². The summed E-state index contributed by atoms with van der Waals surface area (Å²) in [6.07, 6.45) is 4.79. The third-order valence-electron chi connectivity index (χ3n) is 2.71. The zero-order chi connectivity index (χ0) is 14.5. The number of nitrogens with zero attached hydrogens (tertiary/aromatic N) is 1. The van der Waals surface area contributed by atoms with Crippen molar-refractivity contribution >= 4 is 17.7 Å². The molecular formula is C15H17N3O2. The lowest BCUT2D eigenvalue weighted by atomic mass is 10.2. The average molecular weight is 271 g/mol. The minimum atomic E-state index is -0.276. The van der Waals surface area contributed by atoms with Crippen LogP contribution in [0.15, 0.2) is 41.0 Å². The second-order valence-corrected chi connectivity index (χ2v) is 4.54. The normalized spacial score (nSPS) is 12.5. The molecule has 1 heterocycles. The maximum atomic E-state index is 11.8. The fourth-order valence-electron chi connectivity index (χ4n) is 1.73. The topological polar surface area (TPSA) is 81.2 Å². The Kier molecular flexibility index (Phi) is 4.20. The Morgan fingerprint density at radius 2 is 2.30 bits per heavy atom. The van der Waals surface area contributed by atoms with Crippen LogP contribution in [0.4, 0.5) is 5.69 Å². The van der Waals surface area contributed by atoms with Crippen molar-refractivity contribution < 1.29 is 9.21 Å². The number of nitrogens with one attached hydrogen (secondary N) is 1. The second kappa shape index (κ2) is 6.06. The molecule has 0 saturated carbocycles. The first-order valence-electron chi connectivity index (χ1n) is 6.31. The Balaban J connectivity index is 1.95. The molecule has 5 heteroatoms. The van der Waals surface area contributed by atoms with Crippen molar-refractivity contribution in [3.05, 3.63) is 53.8 Å². The lowest BCUT2D eigenvalue weighted by molar-refractivity contribution is -0.117. The van der Waals surface area contributed by atoms with Crippen LogP contribution in [0.3, 0.4) is 0 Å². The number of benzene rings is 1. The van der Waals surface area contributed by atoms with Crippen molar-refractivity contribution in [2.75, 3.05) is 5.73 Å². The summed E-state index contributed by atoms with van der Waals surface area (Å²) in [5.74, 6) is 1.00. The number of nitrogen functional groups attached to an aromatic ring is 1. The summed E-state index contributed by atoms with van der Waals surface area (Å²) >= 11 is 0. The molecule has 0 fully saturated rings. The number of carbonyl (C=O) groups is 1. The molecule has 0 saturated heterocycles. The van der Waals surface area contributed by atoms with Crippen LogP contribution in [0.1, 0.15) is 30.2 Å². The van der Waals surface area contributed by atoms with Crippen LogP contribution in [-0.4, -0.2) is 10.9 Å². The molecule has 0 aliphatic rings. The zero-order valence-electron chi connectivity index (χ0n) is 11.5. The van der Waals surface area contributed by atoms with E-state index in [1.165, 1.54) is 6.08 Å². The first-order valence-corrected chi connectivity index (χ1v) is 6.31. The quantitative estimate of drug-likeness (QED) is 0.661. The van der Waals surface area contributed by atoms with Gasteiger partial charge in [0.15, 0.2) is 0 Å². The number of carbonyl (C=O) groups excluding carboxylic acids is 1. The van der Waals surface area contributed by atoms with Crippen molar-refractivity contribution in [2.24, 2.45) is 0 Å². The van der Waals surface area contributed by atoms with Gasteiger partial charge in [-0.15, -0.1) is 0 Å². The summed E-state index contributed by atoms with van der Waals surface area (Å²) in [6.45, 7) is 3.63. The van der Waals surface area contributed by atoms with Gasteiger partial charge < -0.3 is 15.5 Å². The molecule has 0 radical (unpaired) electrons. The molecule has 0 aliphatic heterocycles. The number of aryl methyl sites for hydroxylation is 1. The van der Waals surface area contributed by atoms with Crippen LogP contribution in [0.2, 0.25) is 0 Å². The van der Waals surface area contributed by atoms with E-state index in [-0.39, 0.29) is 11.9 Å². The minimum Gasteiger partial charge on any atom is -0.444 e. The molecule has 2 aromatic rings. The van der Waals surface area contributed by atoms with E-state index in [0.29, 0.717) is 11.6 Å². The van der Waals surface area contributed by atoms with Gasteiger partial charge in [-0.3, -0.25) is 4.79 Å².